The molecule has 1 aliphatic carbocycles. The van der Waals surface area contributed by atoms with Crippen molar-refractivity contribution in [1.82, 2.24) is 19.9 Å². The minimum absolute atomic E-state index is 0.0159. The van der Waals surface area contributed by atoms with E-state index in [2.05, 4.69) is 16.0 Å². The van der Waals surface area contributed by atoms with Gasteiger partial charge < -0.3 is 25.8 Å². The highest BCUT2D eigenvalue weighted by atomic mass is 16.5. The van der Waals surface area contributed by atoms with E-state index in [0.717, 1.165) is 74.4 Å². The van der Waals surface area contributed by atoms with Crippen molar-refractivity contribution in [3.63, 3.8) is 0 Å². The van der Waals surface area contributed by atoms with E-state index < -0.39 is 5.60 Å². The number of amides is 1. The van der Waals surface area contributed by atoms with Crippen LogP contribution in [0.5, 0.6) is 0 Å². The lowest BCUT2D eigenvalue weighted by molar-refractivity contribution is 0.0578. The fourth-order valence-corrected chi connectivity index (χ4v) is 5.10. The smallest absolute Gasteiger partial charge is 0.251 e. The number of benzene rings is 1. The summed E-state index contributed by atoms with van der Waals surface area (Å²) in [5.41, 5.74) is 3.26. The van der Waals surface area contributed by atoms with Crippen molar-refractivity contribution in [2.24, 2.45) is 5.92 Å². The molecule has 0 spiro atoms. The first kappa shape index (κ1) is 26.4. The van der Waals surface area contributed by atoms with Crippen LogP contribution in [0.4, 0.5) is 11.6 Å². The number of ether oxygens (including phenoxy) is 1. The molecule has 1 atom stereocenters. The molecule has 9 heteroatoms. The Morgan fingerprint density at radius 3 is 2.63 bits per heavy atom. The maximum Gasteiger partial charge on any atom is 0.251 e. The first-order valence-electron chi connectivity index (χ1n) is 13.8. The number of aryl methyl sites for hydroxylation is 1. The summed E-state index contributed by atoms with van der Waals surface area (Å²) < 4.78 is 7.36. The summed E-state index contributed by atoms with van der Waals surface area (Å²) >= 11 is 0. The number of carbonyl (C=O) groups is 1. The molecular weight excluding hydrogens is 480 g/mol. The first-order chi connectivity index (χ1) is 18.2. The van der Waals surface area contributed by atoms with E-state index in [1.165, 1.54) is 0 Å². The normalized spacial score (nSPS) is 17.4. The zero-order chi connectivity index (χ0) is 26.9. The SMILES string of the molecule is CC[C@H](Nc1cc(NCC2CCOCC2)n2ncc(-c3ccc(C(=O)NC4CC4)c(C)c3)c2n1)C(C)(C)O. The molecule has 1 aromatic carbocycles. The molecule has 2 fully saturated rings. The summed E-state index contributed by atoms with van der Waals surface area (Å²) in [4.78, 5) is 17.6. The molecular formula is C29H40N6O3. The van der Waals surface area contributed by atoms with E-state index in [0.29, 0.717) is 29.0 Å². The summed E-state index contributed by atoms with van der Waals surface area (Å²) in [5, 5.41) is 25.5. The van der Waals surface area contributed by atoms with Crippen molar-refractivity contribution >= 4 is 23.2 Å². The second-order valence-corrected chi connectivity index (χ2v) is 11.3. The van der Waals surface area contributed by atoms with Crippen molar-refractivity contribution in [2.75, 3.05) is 30.4 Å². The van der Waals surface area contributed by atoms with Crippen LogP contribution >= 0.6 is 0 Å². The Hall–Kier alpha value is -3.17. The summed E-state index contributed by atoms with van der Waals surface area (Å²) in [6.45, 7) is 10.1. The molecule has 0 radical (unpaired) electrons. The first-order valence-corrected chi connectivity index (χ1v) is 13.8. The molecule has 1 amide bonds. The molecule has 1 saturated carbocycles. The van der Waals surface area contributed by atoms with Crippen LogP contribution in [0.15, 0.2) is 30.5 Å². The van der Waals surface area contributed by atoms with Gasteiger partial charge in [0.05, 0.1) is 17.8 Å². The third-order valence-corrected chi connectivity index (χ3v) is 7.66. The van der Waals surface area contributed by atoms with Gasteiger partial charge in [-0.2, -0.15) is 9.61 Å². The number of anilines is 2. The number of carbonyl (C=O) groups excluding carboxylic acids is 1. The number of hydrogen-bond acceptors (Lipinski definition) is 7. The lowest BCUT2D eigenvalue weighted by atomic mass is 9.97. The second-order valence-electron chi connectivity index (χ2n) is 11.3. The molecule has 204 valence electrons. The van der Waals surface area contributed by atoms with E-state index in [1.807, 2.05) is 62.7 Å². The van der Waals surface area contributed by atoms with E-state index in [9.17, 15) is 9.90 Å². The highest BCUT2D eigenvalue weighted by Crippen LogP contribution is 2.30. The van der Waals surface area contributed by atoms with Crippen molar-refractivity contribution in [1.29, 1.82) is 0 Å². The summed E-state index contributed by atoms with van der Waals surface area (Å²) in [5.74, 6) is 2.05. The second kappa shape index (κ2) is 10.9. The number of aromatic nitrogens is 3. The molecule has 1 aliphatic heterocycles. The molecule has 4 N–H and O–H groups in total. The van der Waals surface area contributed by atoms with Crippen LogP contribution in [0, 0.1) is 12.8 Å². The van der Waals surface area contributed by atoms with Gasteiger partial charge in [-0.25, -0.2) is 4.98 Å². The number of nitrogens with one attached hydrogen (secondary N) is 3. The molecule has 5 rings (SSSR count). The van der Waals surface area contributed by atoms with Crippen molar-refractivity contribution in [3.05, 3.63) is 41.6 Å². The van der Waals surface area contributed by atoms with Gasteiger partial charge in [-0.1, -0.05) is 19.1 Å². The average molecular weight is 521 g/mol. The summed E-state index contributed by atoms with van der Waals surface area (Å²) in [7, 11) is 0. The van der Waals surface area contributed by atoms with Crippen molar-refractivity contribution in [2.45, 2.75) is 77.5 Å². The predicted molar refractivity (Wildman–Crippen MR) is 150 cm³/mol. The standard InChI is InChI=1S/C29H40N6O3/c1-5-24(29(3,4)37)33-25-15-26(30-16-19-10-12-38-13-11-19)35-27(34-25)23(17-31-35)20-6-9-22(18(2)14-20)28(36)32-21-7-8-21/h6,9,14-15,17,19,21,24,30,37H,5,7-8,10-13,16H2,1-4H3,(H,32,36)(H,33,34)/t24-/m0/s1. The number of nitrogens with zero attached hydrogens (tertiary/aromatic N) is 3. The number of fused-ring (bicyclic) bond motifs is 1. The topological polar surface area (TPSA) is 113 Å². The minimum Gasteiger partial charge on any atom is -0.388 e. The Kier molecular flexibility index (Phi) is 7.59. The molecule has 9 nitrogen and oxygen atoms in total. The Labute approximate surface area is 224 Å². The maximum absolute atomic E-state index is 12.6. The summed E-state index contributed by atoms with van der Waals surface area (Å²) in [6, 6.07) is 8.00. The van der Waals surface area contributed by atoms with Crippen LogP contribution in [0.1, 0.15) is 68.8 Å². The monoisotopic (exact) mass is 520 g/mol. The fourth-order valence-electron chi connectivity index (χ4n) is 5.10. The minimum atomic E-state index is -0.907. The average Bonchev–Trinajstić information content (AvgIpc) is 3.60. The third kappa shape index (κ3) is 5.94. The number of aliphatic hydroxyl groups is 1. The van der Waals surface area contributed by atoms with Crippen molar-refractivity contribution < 1.29 is 14.6 Å². The molecule has 2 aromatic heterocycles. The molecule has 2 aliphatic rings. The molecule has 0 bridgehead atoms. The van der Waals surface area contributed by atoms with Crippen molar-refractivity contribution in [3.8, 4) is 11.1 Å². The largest absolute Gasteiger partial charge is 0.388 e. The van der Waals surface area contributed by atoms with Gasteiger partial charge in [0.2, 0.25) is 0 Å². The van der Waals surface area contributed by atoms with Gasteiger partial charge in [-0.3, -0.25) is 4.79 Å². The van der Waals surface area contributed by atoms with Crippen LogP contribution in [0.2, 0.25) is 0 Å². The lowest BCUT2D eigenvalue weighted by Crippen LogP contribution is -2.41. The predicted octanol–water partition coefficient (Wildman–Crippen LogP) is 4.40. The highest BCUT2D eigenvalue weighted by Gasteiger charge is 2.27. The van der Waals surface area contributed by atoms with Gasteiger partial charge in [-0.05, 0) is 76.0 Å². The van der Waals surface area contributed by atoms with Crippen LogP contribution in [0.25, 0.3) is 16.8 Å². The zero-order valence-electron chi connectivity index (χ0n) is 22.9. The van der Waals surface area contributed by atoms with Gasteiger partial charge in [0.1, 0.15) is 11.6 Å². The molecule has 0 unspecified atom stereocenters. The Bertz CT molecular complexity index is 1290. The van der Waals surface area contributed by atoms with Gasteiger partial charge in [0.15, 0.2) is 5.65 Å². The van der Waals surface area contributed by atoms with E-state index in [1.54, 1.807) is 0 Å². The quantitative estimate of drug-likeness (QED) is 0.313. The molecule has 3 aromatic rings. The van der Waals surface area contributed by atoms with Gasteiger partial charge in [0, 0.05) is 43.0 Å². The maximum atomic E-state index is 12.6. The molecule has 1 saturated heterocycles. The van der Waals surface area contributed by atoms with Crippen LogP contribution in [-0.2, 0) is 4.74 Å². The van der Waals surface area contributed by atoms with E-state index in [-0.39, 0.29) is 11.9 Å². The Morgan fingerprint density at radius 1 is 1.21 bits per heavy atom. The Balaban J connectivity index is 1.49. The molecule has 38 heavy (non-hydrogen) atoms. The third-order valence-electron chi connectivity index (χ3n) is 7.66. The number of hydrogen-bond donors (Lipinski definition) is 4. The molecule has 3 heterocycles. The Morgan fingerprint density at radius 2 is 1.97 bits per heavy atom. The lowest BCUT2D eigenvalue weighted by Gasteiger charge is -2.30. The van der Waals surface area contributed by atoms with Crippen LogP contribution < -0.4 is 16.0 Å². The van der Waals surface area contributed by atoms with E-state index >= 15 is 0 Å². The number of rotatable bonds is 10. The highest BCUT2D eigenvalue weighted by molar-refractivity contribution is 5.97. The van der Waals surface area contributed by atoms with Gasteiger partial charge in [-0.15, -0.1) is 0 Å². The zero-order valence-corrected chi connectivity index (χ0v) is 22.9. The van der Waals surface area contributed by atoms with Crippen LogP contribution in [-0.4, -0.2) is 63.1 Å². The van der Waals surface area contributed by atoms with Gasteiger partial charge in [0.25, 0.3) is 5.91 Å². The fraction of sp³-hybridized carbons (Fsp3) is 0.552. The van der Waals surface area contributed by atoms with Crippen LogP contribution in [0.3, 0.4) is 0 Å². The van der Waals surface area contributed by atoms with E-state index in [4.69, 9.17) is 14.8 Å². The van der Waals surface area contributed by atoms with Gasteiger partial charge >= 0.3 is 0 Å². The summed E-state index contributed by atoms with van der Waals surface area (Å²) in [6.07, 6.45) is 6.77.